The normalized spacial score (nSPS) is 16.6. The first-order valence-electron chi connectivity index (χ1n) is 15.4. The van der Waals surface area contributed by atoms with Crippen LogP contribution >= 0.6 is 0 Å². The molecule has 0 unspecified atom stereocenters. The lowest BCUT2D eigenvalue weighted by atomic mass is 9.82. The number of hydrogen-bond donors (Lipinski definition) is 0. The van der Waals surface area contributed by atoms with E-state index in [1.807, 2.05) is 0 Å². The monoisotopic (exact) mass is 682 g/mol. The molecule has 0 spiro atoms. The second-order valence-corrected chi connectivity index (χ2v) is 11.5. The third-order valence-corrected chi connectivity index (χ3v) is 8.33. The van der Waals surface area contributed by atoms with E-state index >= 15 is 22.0 Å². The Bertz CT molecular complexity index is 1710. The maximum atomic E-state index is 15.2. The van der Waals surface area contributed by atoms with Crippen LogP contribution in [0.25, 0.3) is 22.3 Å². The van der Waals surface area contributed by atoms with Gasteiger partial charge in [0.2, 0.25) is 6.86 Å². The summed E-state index contributed by atoms with van der Waals surface area (Å²) in [7, 11) is 0. The fraction of sp³-hybridized carbons (Fsp3) is 0.333. The average Bonchev–Trinajstić information content (AvgIpc) is 3.02. The molecule has 0 amide bonds. The predicted molar refractivity (Wildman–Crippen MR) is 160 cm³/mol. The van der Waals surface area contributed by atoms with E-state index in [1.54, 1.807) is 6.07 Å². The van der Waals surface area contributed by atoms with E-state index < -0.39 is 70.5 Å². The molecule has 0 aromatic heterocycles. The molecule has 256 valence electrons. The fourth-order valence-corrected chi connectivity index (χ4v) is 5.88. The van der Waals surface area contributed by atoms with Crippen molar-refractivity contribution in [2.75, 3.05) is 13.5 Å². The van der Waals surface area contributed by atoms with Crippen molar-refractivity contribution in [1.82, 2.24) is 0 Å². The van der Waals surface area contributed by atoms with Crippen molar-refractivity contribution in [3.05, 3.63) is 107 Å². The van der Waals surface area contributed by atoms with Crippen LogP contribution in [-0.2, 0) is 10.8 Å². The molecule has 3 nitrogen and oxygen atoms in total. The van der Waals surface area contributed by atoms with Gasteiger partial charge >= 0.3 is 6.11 Å². The third-order valence-electron chi connectivity index (χ3n) is 8.33. The summed E-state index contributed by atoms with van der Waals surface area (Å²) in [5.41, 5.74) is -2.41. The lowest BCUT2D eigenvalue weighted by molar-refractivity contribution is -0.189. The van der Waals surface area contributed by atoms with Gasteiger partial charge in [0, 0.05) is 23.8 Å². The molecule has 5 rings (SSSR count). The molecule has 1 aliphatic carbocycles. The van der Waals surface area contributed by atoms with Crippen LogP contribution in [0.4, 0.5) is 39.5 Å². The summed E-state index contributed by atoms with van der Waals surface area (Å²) in [4.78, 5) is 0. The minimum absolute atomic E-state index is 0.0788. The SMILES string of the molecule is CCCCOC1CCC(c2ccc(-c3cc(F)c(C(F)(F)Oc4ccc(-c5cc(F)c(OCF)c(F)c5)c(F)c4)c(F)c3)c(F)c2)CC1. The maximum Gasteiger partial charge on any atom is 0.432 e. The van der Waals surface area contributed by atoms with Gasteiger partial charge in [-0.1, -0.05) is 25.5 Å². The number of alkyl halides is 3. The van der Waals surface area contributed by atoms with Crippen LogP contribution in [0.3, 0.4) is 0 Å². The molecule has 1 saturated carbocycles. The Morgan fingerprint density at radius 2 is 1.25 bits per heavy atom. The number of halogens is 9. The molecule has 0 atom stereocenters. The van der Waals surface area contributed by atoms with Crippen molar-refractivity contribution in [2.24, 2.45) is 0 Å². The molecular weight excluding hydrogens is 651 g/mol. The van der Waals surface area contributed by atoms with E-state index in [0.717, 1.165) is 56.2 Å². The summed E-state index contributed by atoms with van der Waals surface area (Å²) >= 11 is 0. The van der Waals surface area contributed by atoms with Gasteiger partial charge in [0.05, 0.1) is 6.10 Å². The summed E-state index contributed by atoms with van der Waals surface area (Å²) < 4.78 is 145. The first-order chi connectivity index (χ1) is 22.9. The van der Waals surface area contributed by atoms with Crippen LogP contribution in [0.2, 0.25) is 0 Å². The largest absolute Gasteiger partial charge is 0.457 e. The van der Waals surface area contributed by atoms with E-state index in [4.69, 9.17) is 4.74 Å². The first-order valence-corrected chi connectivity index (χ1v) is 15.4. The molecule has 0 heterocycles. The van der Waals surface area contributed by atoms with Crippen LogP contribution in [-0.4, -0.2) is 19.6 Å². The number of hydrogen-bond acceptors (Lipinski definition) is 3. The summed E-state index contributed by atoms with van der Waals surface area (Å²) in [6.45, 7) is 1.27. The number of ether oxygens (including phenoxy) is 3. The summed E-state index contributed by atoms with van der Waals surface area (Å²) in [6, 6.07) is 8.73. The molecule has 0 N–H and O–H groups in total. The summed E-state index contributed by atoms with van der Waals surface area (Å²) in [5, 5.41) is 0. The van der Waals surface area contributed by atoms with E-state index in [-0.39, 0.29) is 28.7 Å². The Morgan fingerprint density at radius 1 is 0.688 bits per heavy atom. The van der Waals surface area contributed by atoms with Gasteiger partial charge in [-0.15, -0.1) is 0 Å². The zero-order valence-corrected chi connectivity index (χ0v) is 25.7. The van der Waals surface area contributed by atoms with Crippen molar-refractivity contribution in [3.63, 3.8) is 0 Å². The molecule has 48 heavy (non-hydrogen) atoms. The maximum absolute atomic E-state index is 15.2. The van der Waals surface area contributed by atoms with Crippen LogP contribution in [0, 0.1) is 34.9 Å². The lowest BCUT2D eigenvalue weighted by Gasteiger charge is -2.29. The minimum Gasteiger partial charge on any atom is -0.457 e. The van der Waals surface area contributed by atoms with Crippen LogP contribution in [0.15, 0.2) is 60.7 Å². The molecule has 0 bridgehead atoms. The number of unbranched alkanes of at least 4 members (excludes halogenated alkanes) is 1. The highest BCUT2D eigenvalue weighted by atomic mass is 19.3. The first kappa shape index (κ1) is 35.1. The minimum atomic E-state index is -4.66. The Labute approximate surface area is 271 Å². The van der Waals surface area contributed by atoms with E-state index in [9.17, 15) is 17.6 Å². The van der Waals surface area contributed by atoms with Crippen molar-refractivity contribution in [1.29, 1.82) is 0 Å². The molecule has 1 fully saturated rings. The highest BCUT2D eigenvalue weighted by molar-refractivity contribution is 5.67. The van der Waals surface area contributed by atoms with E-state index in [1.165, 1.54) is 12.1 Å². The van der Waals surface area contributed by atoms with Gasteiger partial charge in [-0.25, -0.2) is 30.7 Å². The highest BCUT2D eigenvalue weighted by Gasteiger charge is 2.41. The third kappa shape index (κ3) is 7.75. The van der Waals surface area contributed by atoms with Gasteiger partial charge < -0.3 is 14.2 Å². The Kier molecular flexibility index (Phi) is 10.9. The Balaban J connectivity index is 1.31. The molecular formula is C36H31F9O3. The molecule has 0 aliphatic heterocycles. The van der Waals surface area contributed by atoms with Gasteiger partial charge in [0.1, 0.15) is 34.6 Å². The lowest BCUT2D eigenvalue weighted by Crippen LogP contribution is -2.25. The summed E-state index contributed by atoms with van der Waals surface area (Å²) in [5.74, 6) is -10.0. The van der Waals surface area contributed by atoms with Crippen LogP contribution < -0.4 is 9.47 Å². The Hall–Kier alpha value is -4.19. The van der Waals surface area contributed by atoms with Crippen molar-refractivity contribution < 1.29 is 53.7 Å². The smallest absolute Gasteiger partial charge is 0.432 e. The van der Waals surface area contributed by atoms with Crippen LogP contribution in [0.1, 0.15) is 62.5 Å². The van der Waals surface area contributed by atoms with Crippen molar-refractivity contribution in [2.45, 2.75) is 63.6 Å². The standard InChI is InChI=1S/C36H31F9O3/c1-2-3-12-46-24-7-4-20(5-8-24)21-6-10-26(28(38)13-21)22-14-30(40)34(31(41)15-22)36(44,45)48-25-9-11-27(29(39)18-25)23-16-32(42)35(47-19-37)33(43)17-23/h6,9-11,13-18,20,24H,2-5,7-8,12,19H2,1H3. The molecule has 12 heteroatoms. The quantitative estimate of drug-likeness (QED) is 0.110. The van der Waals surface area contributed by atoms with E-state index in [0.29, 0.717) is 36.9 Å². The molecule has 1 aliphatic rings. The highest BCUT2D eigenvalue weighted by Crippen LogP contribution is 2.40. The zero-order valence-electron chi connectivity index (χ0n) is 25.7. The Morgan fingerprint density at radius 3 is 1.79 bits per heavy atom. The number of rotatable bonds is 12. The van der Waals surface area contributed by atoms with Gasteiger partial charge in [-0.3, -0.25) is 0 Å². The second kappa shape index (κ2) is 14.9. The fourth-order valence-electron chi connectivity index (χ4n) is 5.88. The topological polar surface area (TPSA) is 27.7 Å². The molecule has 4 aromatic rings. The molecule has 4 aromatic carbocycles. The number of benzene rings is 4. The van der Waals surface area contributed by atoms with E-state index in [2.05, 4.69) is 16.4 Å². The van der Waals surface area contributed by atoms with Crippen molar-refractivity contribution in [3.8, 4) is 33.8 Å². The molecule has 0 radical (unpaired) electrons. The summed E-state index contributed by atoms with van der Waals surface area (Å²) in [6.07, 6.45) is 0.758. The predicted octanol–water partition coefficient (Wildman–Crippen LogP) is 11.1. The molecule has 0 saturated heterocycles. The second-order valence-electron chi connectivity index (χ2n) is 11.5. The zero-order chi connectivity index (χ0) is 34.6. The van der Waals surface area contributed by atoms with Gasteiger partial charge in [-0.2, -0.15) is 8.78 Å². The van der Waals surface area contributed by atoms with Crippen LogP contribution in [0.5, 0.6) is 11.5 Å². The van der Waals surface area contributed by atoms with Crippen molar-refractivity contribution >= 4 is 0 Å². The van der Waals surface area contributed by atoms with Gasteiger partial charge in [-0.05, 0) is 97.2 Å². The average molecular weight is 683 g/mol. The van der Waals surface area contributed by atoms with Gasteiger partial charge in [0.25, 0.3) is 0 Å². The van der Waals surface area contributed by atoms with Gasteiger partial charge in [0.15, 0.2) is 17.4 Å².